The molecule has 5 nitrogen and oxygen atoms in total. The molecule has 0 fully saturated rings. The van der Waals surface area contributed by atoms with Gasteiger partial charge in [-0.2, -0.15) is 0 Å². The molecule has 1 amide bonds. The van der Waals surface area contributed by atoms with E-state index in [1.807, 2.05) is 24.3 Å². The van der Waals surface area contributed by atoms with Crippen LogP contribution < -0.4 is 15.8 Å². The number of aliphatic imine (C=N–C) groups is 1. The lowest BCUT2D eigenvalue weighted by atomic mass is 9.84. The highest BCUT2D eigenvalue weighted by Crippen LogP contribution is 2.34. The van der Waals surface area contributed by atoms with Gasteiger partial charge in [0.1, 0.15) is 5.75 Å². The Kier molecular flexibility index (Phi) is 3.96. The molecule has 1 heterocycles. The summed E-state index contributed by atoms with van der Waals surface area (Å²) in [7, 11) is 1.59. The zero-order valence-corrected chi connectivity index (χ0v) is 13.3. The summed E-state index contributed by atoms with van der Waals surface area (Å²) in [6.45, 7) is 0. The zero-order valence-electron chi connectivity index (χ0n) is 12.5. The van der Waals surface area contributed by atoms with Crippen LogP contribution in [-0.2, 0) is 16.8 Å². The Morgan fingerprint density at radius 1 is 1.17 bits per heavy atom. The Hall–Kier alpha value is -2.53. The van der Waals surface area contributed by atoms with Crippen molar-refractivity contribution in [3.8, 4) is 5.75 Å². The number of hydrogen-bond acceptors (Lipinski definition) is 4. The number of nitrogens with one attached hydrogen (secondary N) is 1. The maximum Gasteiger partial charge on any atom is 0.259 e. The number of methoxy groups -OCH3 is 1. The normalized spacial score (nSPS) is 20.1. The molecule has 0 bridgehead atoms. The Morgan fingerprint density at radius 3 is 2.35 bits per heavy atom. The average Bonchev–Trinajstić information content (AvgIpc) is 2.84. The molecule has 1 atom stereocenters. The highest BCUT2D eigenvalue weighted by Gasteiger charge is 2.44. The predicted molar refractivity (Wildman–Crippen MR) is 89.6 cm³/mol. The summed E-state index contributed by atoms with van der Waals surface area (Å²) in [6, 6.07) is 14.6. The monoisotopic (exact) mass is 329 g/mol. The van der Waals surface area contributed by atoms with Crippen molar-refractivity contribution in [2.24, 2.45) is 10.7 Å². The smallest absolute Gasteiger partial charge is 0.259 e. The van der Waals surface area contributed by atoms with E-state index >= 15 is 0 Å². The van der Waals surface area contributed by atoms with Gasteiger partial charge >= 0.3 is 0 Å². The number of ether oxygens (including phenoxy) is 1. The van der Waals surface area contributed by atoms with Crippen molar-refractivity contribution in [2.75, 3.05) is 7.11 Å². The Balaban J connectivity index is 2.04. The second kappa shape index (κ2) is 5.93. The van der Waals surface area contributed by atoms with E-state index in [-0.39, 0.29) is 11.9 Å². The van der Waals surface area contributed by atoms with Gasteiger partial charge in [0.25, 0.3) is 5.91 Å². The van der Waals surface area contributed by atoms with Crippen LogP contribution >= 0.6 is 11.6 Å². The van der Waals surface area contributed by atoms with Gasteiger partial charge in [0.05, 0.1) is 7.11 Å². The van der Waals surface area contributed by atoms with E-state index in [1.54, 1.807) is 31.4 Å². The number of amides is 1. The van der Waals surface area contributed by atoms with Crippen LogP contribution in [0.5, 0.6) is 5.75 Å². The number of rotatable bonds is 4. The third-order valence-corrected chi connectivity index (χ3v) is 4.12. The third kappa shape index (κ3) is 2.87. The van der Waals surface area contributed by atoms with Crippen LogP contribution in [-0.4, -0.2) is 19.0 Å². The van der Waals surface area contributed by atoms with Crippen LogP contribution in [0.1, 0.15) is 11.1 Å². The van der Waals surface area contributed by atoms with Gasteiger partial charge < -0.3 is 10.5 Å². The Bertz CT molecular complexity index is 756. The number of hydrogen-bond donors (Lipinski definition) is 2. The zero-order chi connectivity index (χ0) is 16.4. The summed E-state index contributed by atoms with van der Waals surface area (Å²) in [5, 5.41) is 3.24. The lowest BCUT2D eigenvalue weighted by Crippen LogP contribution is -2.40. The van der Waals surface area contributed by atoms with Crippen molar-refractivity contribution in [3.05, 3.63) is 64.7 Å². The summed E-state index contributed by atoms with van der Waals surface area (Å²) < 4.78 is 5.17. The van der Waals surface area contributed by atoms with E-state index in [0.29, 0.717) is 17.2 Å². The minimum Gasteiger partial charge on any atom is -0.497 e. The van der Waals surface area contributed by atoms with Gasteiger partial charge in [-0.25, -0.2) is 4.99 Å². The van der Waals surface area contributed by atoms with Crippen molar-refractivity contribution < 1.29 is 9.53 Å². The van der Waals surface area contributed by atoms with E-state index in [2.05, 4.69) is 10.3 Å². The Morgan fingerprint density at radius 2 is 1.83 bits per heavy atom. The SMILES string of the molecule is COc1ccc([C@]2(Cc3ccc(Cl)cc3)N=C(N)NC2=O)cc1. The first-order chi connectivity index (χ1) is 11.0. The number of benzene rings is 2. The molecule has 0 spiro atoms. The summed E-state index contributed by atoms with van der Waals surface area (Å²) in [5.74, 6) is 0.598. The topological polar surface area (TPSA) is 76.7 Å². The van der Waals surface area contributed by atoms with Crippen LogP contribution in [0.25, 0.3) is 0 Å². The number of carbonyl (C=O) groups is 1. The highest BCUT2D eigenvalue weighted by atomic mass is 35.5. The highest BCUT2D eigenvalue weighted by molar-refractivity contribution is 6.30. The lowest BCUT2D eigenvalue weighted by Gasteiger charge is -2.24. The summed E-state index contributed by atoms with van der Waals surface area (Å²) in [5.41, 5.74) is 6.36. The van der Waals surface area contributed by atoms with Crippen LogP contribution in [0.3, 0.4) is 0 Å². The molecule has 0 saturated heterocycles. The summed E-state index contributed by atoms with van der Waals surface area (Å²) in [6.07, 6.45) is 0.392. The van der Waals surface area contributed by atoms with Gasteiger partial charge in [-0.3, -0.25) is 10.1 Å². The molecule has 1 aliphatic rings. The molecule has 0 saturated carbocycles. The maximum absolute atomic E-state index is 12.6. The molecule has 0 aromatic heterocycles. The van der Waals surface area contributed by atoms with Gasteiger partial charge in [0, 0.05) is 11.4 Å². The fraction of sp³-hybridized carbons (Fsp3) is 0.176. The number of halogens is 1. The maximum atomic E-state index is 12.6. The molecule has 3 rings (SSSR count). The van der Waals surface area contributed by atoms with Crippen molar-refractivity contribution in [3.63, 3.8) is 0 Å². The molecular weight excluding hydrogens is 314 g/mol. The second-order valence-electron chi connectivity index (χ2n) is 5.34. The largest absolute Gasteiger partial charge is 0.497 e. The van der Waals surface area contributed by atoms with Gasteiger partial charge in [-0.05, 0) is 35.4 Å². The van der Waals surface area contributed by atoms with Crippen molar-refractivity contribution >= 4 is 23.5 Å². The van der Waals surface area contributed by atoms with Crippen molar-refractivity contribution in [1.29, 1.82) is 0 Å². The molecule has 3 N–H and O–H groups in total. The summed E-state index contributed by atoms with van der Waals surface area (Å²) >= 11 is 5.92. The van der Waals surface area contributed by atoms with E-state index in [0.717, 1.165) is 11.1 Å². The van der Waals surface area contributed by atoms with E-state index in [9.17, 15) is 4.79 Å². The minimum absolute atomic E-state index is 0.125. The number of carbonyl (C=O) groups excluding carboxylic acids is 1. The molecule has 118 valence electrons. The fourth-order valence-electron chi connectivity index (χ4n) is 2.69. The molecule has 0 unspecified atom stereocenters. The lowest BCUT2D eigenvalue weighted by molar-refractivity contribution is -0.124. The van der Waals surface area contributed by atoms with Crippen molar-refractivity contribution in [1.82, 2.24) is 5.32 Å². The standard InChI is InChI=1S/C17H16ClN3O2/c1-23-14-8-4-12(5-9-14)17(15(22)20-16(19)21-17)10-11-2-6-13(18)7-3-11/h2-9H,10H2,1H3,(H3,19,20,21,22)/t17-/m0/s1. The van der Waals surface area contributed by atoms with Gasteiger partial charge in [-0.15, -0.1) is 0 Å². The van der Waals surface area contributed by atoms with Crippen LogP contribution in [0.2, 0.25) is 5.02 Å². The van der Waals surface area contributed by atoms with Crippen LogP contribution in [0, 0.1) is 0 Å². The molecular formula is C17H16ClN3O2. The second-order valence-corrected chi connectivity index (χ2v) is 5.78. The van der Waals surface area contributed by atoms with Crippen molar-refractivity contribution in [2.45, 2.75) is 12.0 Å². The molecule has 0 aliphatic carbocycles. The Labute approximate surface area is 139 Å². The quantitative estimate of drug-likeness (QED) is 0.903. The minimum atomic E-state index is -1.08. The van der Waals surface area contributed by atoms with Gasteiger partial charge in [0.2, 0.25) is 0 Å². The predicted octanol–water partition coefficient (Wildman–Crippen LogP) is 2.23. The van der Waals surface area contributed by atoms with E-state index in [4.69, 9.17) is 22.1 Å². The molecule has 1 aliphatic heterocycles. The van der Waals surface area contributed by atoms with Gasteiger partial charge in [0.15, 0.2) is 11.5 Å². The molecule has 6 heteroatoms. The summed E-state index contributed by atoms with van der Waals surface area (Å²) in [4.78, 5) is 17.0. The average molecular weight is 330 g/mol. The fourth-order valence-corrected chi connectivity index (χ4v) is 2.81. The van der Waals surface area contributed by atoms with Crippen LogP contribution in [0.4, 0.5) is 0 Å². The number of nitrogens with two attached hydrogens (primary N) is 1. The first-order valence-electron chi connectivity index (χ1n) is 7.09. The first-order valence-corrected chi connectivity index (χ1v) is 7.47. The first kappa shape index (κ1) is 15.4. The molecule has 2 aromatic carbocycles. The number of guanidine groups is 1. The van der Waals surface area contributed by atoms with Gasteiger partial charge in [-0.1, -0.05) is 35.9 Å². The van der Waals surface area contributed by atoms with E-state index in [1.165, 1.54) is 0 Å². The van der Waals surface area contributed by atoms with Crippen LogP contribution in [0.15, 0.2) is 53.5 Å². The van der Waals surface area contributed by atoms with E-state index < -0.39 is 5.54 Å². The number of nitrogens with zero attached hydrogens (tertiary/aromatic N) is 1. The molecule has 0 radical (unpaired) electrons. The molecule has 23 heavy (non-hydrogen) atoms. The molecule has 2 aromatic rings. The third-order valence-electron chi connectivity index (χ3n) is 3.87.